The fourth-order valence-corrected chi connectivity index (χ4v) is 4.46. The summed E-state index contributed by atoms with van der Waals surface area (Å²) < 4.78 is 17.2. The summed E-state index contributed by atoms with van der Waals surface area (Å²) >= 11 is 1.69. The second-order valence-electron chi connectivity index (χ2n) is 7.40. The average molecular weight is 405 g/mol. The third-order valence-electron chi connectivity index (χ3n) is 4.78. The van der Waals surface area contributed by atoms with Crippen molar-refractivity contribution in [3.8, 4) is 10.4 Å². The molecular weight excluding hydrogens is 376 g/mol. The molecule has 0 fully saturated rings. The first-order valence-electron chi connectivity index (χ1n) is 9.80. The number of fused-ring (bicyclic) bond motifs is 3. The Kier molecular flexibility index (Phi) is 6.23. The van der Waals surface area contributed by atoms with Crippen molar-refractivity contribution in [3.05, 3.63) is 27.5 Å². The van der Waals surface area contributed by atoms with Crippen LogP contribution in [0.15, 0.2) is 9.52 Å². The van der Waals surface area contributed by atoms with Gasteiger partial charge in [-0.05, 0) is 46.6 Å². The Bertz CT molecular complexity index is 895. The monoisotopic (exact) mass is 404 g/mol. The second-order valence-corrected chi connectivity index (χ2v) is 8.62. The van der Waals surface area contributed by atoms with Gasteiger partial charge in [-0.1, -0.05) is 18.5 Å². The van der Waals surface area contributed by atoms with E-state index in [9.17, 15) is 4.79 Å². The fraction of sp³-hybridized carbons (Fsp3) is 0.571. The summed E-state index contributed by atoms with van der Waals surface area (Å²) in [5, 5.41) is 4.17. The molecule has 0 radical (unpaired) electrons. The number of aromatic nitrogens is 1. The van der Waals surface area contributed by atoms with Gasteiger partial charge in [-0.2, -0.15) is 0 Å². The van der Waals surface area contributed by atoms with Crippen LogP contribution in [0.2, 0.25) is 0 Å². The van der Waals surface area contributed by atoms with Gasteiger partial charge in [-0.25, -0.2) is 4.99 Å². The van der Waals surface area contributed by atoms with Crippen LogP contribution in [0.25, 0.3) is 10.4 Å². The van der Waals surface area contributed by atoms with Gasteiger partial charge in [-0.15, -0.1) is 11.3 Å². The number of esters is 1. The number of hydrogen-bond acceptors (Lipinski definition) is 7. The van der Waals surface area contributed by atoms with Crippen molar-refractivity contribution < 1.29 is 18.8 Å². The summed E-state index contributed by atoms with van der Waals surface area (Å²) in [5.41, 5.74) is 3.88. The number of carbonyl (C=O) groups is 1. The average Bonchev–Trinajstić information content (AvgIpc) is 3.11. The maximum absolute atomic E-state index is 12.0. The Morgan fingerprint density at radius 2 is 2.00 bits per heavy atom. The standard InChI is InChI=1S/C21H28N2O4S/c1-7-8-9-16(24)25-10-15-19-18(13(5)23-27-19)20-17(12(4)14(6)28-20)21(22-15)26-11(2)3/h11,15H,7-10H2,1-6H3/t15-/m0/s1. The van der Waals surface area contributed by atoms with E-state index in [-0.39, 0.29) is 18.7 Å². The van der Waals surface area contributed by atoms with Crippen LogP contribution >= 0.6 is 11.3 Å². The van der Waals surface area contributed by atoms with Crippen molar-refractivity contribution in [1.82, 2.24) is 5.16 Å². The maximum atomic E-state index is 12.0. The van der Waals surface area contributed by atoms with Crippen molar-refractivity contribution in [2.45, 2.75) is 73.0 Å². The number of aliphatic imine (C=N–C) groups is 1. The molecule has 28 heavy (non-hydrogen) atoms. The van der Waals surface area contributed by atoms with Gasteiger partial charge in [0, 0.05) is 11.3 Å². The minimum Gasteiger partial charge on any atom is -0.475 e. The third kappa shape index (κ3) is 3.99. The van der Waals surface area contributed by atoms with E-state index in [0.29, 0.717) is 18.1 Å². The van der Waals surface area contributed by atoms with Crippen LogP contribution in [0.3, 0.4) is 0 Å². The molecule has 3 heterocycles. The van der Waals surface area contributed by atoms with Gasteiger partial charge >= 0.3 is 5.97 Å². The molecule has 2 aromatic rings. The van der Waals surface area contributed by atoms with Crippen LogP contribution < -0.4 is 0 Å². The first-order valence-corrected chi connectivity index (χ1v) is 10.6. The lowest BCUT2D eigenvalue weighted by atomic mass is 10.0. The summed E-state index contributed by atoms with van der Waals surface area (Å²) in [7, 11) is 0. The molecule has 0 aromatic carbocycles. The van der Waals surface area contributed by atoms with Gasteiger partial charge in [0.05, 0.1) is 27.8 Å². The smallest absolute Gasteiger partial charge is 0.305 e. The summed E-state index contributed by atoms with van der Waals surface area (Å²) in [6.45, 7) is 12.2. The molecule has 3 rings (SSSR count). The van der Waals surface area contributed by atoms with Gasteiger partial charge in [0.1, 0.15) is 12.6 Å². The largest absolute Gasteiger partial charge is 0.475 e. The second kappa shape index (κ2) is 8.47. The Morgan fingerprint density at radius 3 is 2.68 bits per heavy atom. The van der Waals surface area contributed by atoms with Gasteiger partial charge in [0.2, 0.25) is 5.90 Å². The molecule has 0 spiro atoms. The van der Waals surface area contributed by atoms with Crippen molar-refractivity contribution >= 4 is 23.2 Å². The van der Waals surface area contributed by atoms with Crippen molar-refractivity contribution in [1.29, 1.82) is 0 Å². The highest BCUT2D eigenvalue weighted by atomic mass is 32.1. The van der Waals surface area contributed by atoms with E-state index in [2.05, 4.69) is 19.0 Å². The number of carbonyl (C=O) groups excluding carboxylic acids is 1. The SMILES string of the molecule is CCCCC(=O)OC[C@@H]1N=C(OC(C)C)c2c(sc(C)c2C)-c2c(C)noc21. The first-order chi connectivity index (χ1) is 13.3. The van der Waals surface area contributed by atoms with Crippen LogP contribution in [0.4, 0.5) is 0 Å². The lowest BCUT2D eigenvalue weighted by Crippen LogP contribution is -2.17. The Morgan fingerprint density at radius 1 is 1.25 bits per heavy atom. The molecule has 0 N–H and O–H groups in total. The normalized spacial score (nSPS) is 15.7. The summed E-state index contributed by atoms with van der Waals surface area (Å²) in [6, 6.07) is -0.477. The number of thiophene rings is 1. The molecule has 1 aliphatic heterocycles. The molecule has 0 aliphatic carbocycles. The lowest BCUT2D eigenvalue weighted by Gasteiger charge is -2.15. The number of aryl methyl sites for hydroxylation is 2. The maximum Gasteiger partial charge on any atom is 0.305 e. The highest BCUT2D eigenvalue weighted by molar-refractivity contribution is 7.16. The number of unbranched alkanes of at least 4 members (excludes halogenated alkanes) is 1. The van der Waals surface area contributed by atoms with E-state index in [0.717, 1.165) is 40.1 Å². The number of hydrogen-bond donors (Lipinski definition) is 0. The van der Waals surface area contributed by atoms with Crippen LogP contribution in [0, 0.1) is 20.8 Å². The van der Waals surface area contributed by atoms with E-state index in [4.69, 9.17) is 19.0 Å². The van der Waals surface area contributed by atoms with Crippen LogP contribution in [0.5, 0.6) is 0 Å². The molecule has 2 aromatic heterocycles. The predicted molar refractivity (Wildman–Crippen MR) is 110 cm³/mol. The zero-order chi connectivity index (χ0) is 20.4. The van der Waals surface area contributed by atoms with E-state index >= 15 is 0 Å². The zero-order valence-corrected chi connectivity index (χ0v) is 18.2. The topological polar surface area (TPSA) is 73.9 Å². The molecular formula is C21H28N2O4S. The zero-order valence-electron chi connectivity index (χ0n) is 17.4. The number of nitrogens with zero attached hydrogens (tertiary/aromatic N) is 2. The van der Waals surface area contributed by atoms with E-state index in [1.165, 1.54) is 4.88 Å². The van der Waals surface area contributed by atoms with Crippen molar-refractivity contribution in [2.75, 3.05) is 6.61 Å². The molecule has 0 saturated carbocycles. The Balaban J connectivity index is 2.03. The highest BCUT2D eigenvalue weighted by Crippen LogP contribution is 2.45. The fourth-order valence-electron chi connectivity index (χ4n) is 3.21. The molecule has 0 unspecified atom stereocenters. The van der Waals surface area contributed by atoms with Gasteiger partial charge in [0.15, 0.2) is 5.76 Å². The third-order valence-corrected chi connectivity index (χ3v) is 6.00. The van der Waals surface area contributed by atoms with Crippen molar-refractivity contribution in [2.24, 2.45) is 4.99 Å². The molecule has 0 saturated heterocycles. The summed E-state index contributed by atoms with van der Waals surface area (Å²) in [6.07, 6.45) is 2.16. The Labute approximate surface area is 169 Å². The number of ether oxygens (including phenoxy) is 2. The van der Waals surface area contributed by atoms with Gasteiger partial charge in [0.25, 0.3) is 0 Å². The van der Waals surface area contributed by atoms with E-state index in [1.807, 2.05) is 27.7 Å². The molecule has 0 amide bonds. The molecule has 152 valence electrons. The van der Waals surface area contributed by atoms with E-state index < -0.39 is 6.04 Å². The van der Waals surface area contributed by atoms with Crippen LogP contribution in [-0.2, 0) is 14.3 Å². The molecule has 7 heteroatoms. The Hall–Kier alpha value is -2.15. The quantitative estimate of drug-likeness (QED) is 0.612. The van der Waals surface area contributed by atoms with E-state index in [1.54, 1.807) is 11.3 Å². The minimum atomic E-state index is -0.477. The first kappa shape index (κ1) is 20.6. The van der Waals surface area contributed by atoms with Gasteiger partial charge < -0.3 is 14.0 Å². The van der Waals surface area contributed by atoms with Crippen LogP contribution in [-0.4, -0.2) is 29.7 Å². The van der Waals surface area contributed by atoms with Gasteiger partial charge in [-0.3, -0.25) is 4.79 Å². The summed E-state index contributed by atoms with van der Waals surface area (Å²) in [5.74, 6) is 0.991. The summed E-state index contributed by atoms with van der Waals surface area (Å²) in [4.78, 5) is 19.1. The minimum absolute atomic E-state index is 0.0254. The number of rotatable bonds is 6. The molecule has 1 aliphatic rings. The molecule has 1 atom stereocenters. The lowest BCUT2D eigenvalue weighted by molar-refractivity contribution is -0.144. The van der Waals surface area contributed by atoms with Crippen LogP contribution in [0.1, 0.15) is 73.5 Å². The van der Waals surface area contributed by atoms with Crippen molar-refractivity contribution in [3.63, 3.8) is 0 Å². The molecule has 6 nitrogen and oxygen atoms in total. The predicted octanol–water partition coefficient (Wildman–Crippen LogP) is 5.29. The highest BCUT2D eigenvalue weighted by Gasteiger charge is 2.34. The molecule has 0 bridgehead atoms.